The van der Waals surface area contributed by atoms with Crippen LogP contribution < -0.4 is 26.1 Å². The average molecular weight is 563 g/mol. The number of halogens is 1. The first-order chi connectivity index (χ1) is 16.3. The molecule has 3 aliphatic heterocycles. The van der Waals surface area contributed by atoms with Gasteiger partial charge in [0, 0.05) is 0 Å². The van der Waals surface area contributed by atoms with Gasteiger partial charge in [0.15, 0.2) is 0 Å². The molecule has 4 aliphatic rings. The zero-order valence-corrected chi connectivity index (χ0v) is 22.1. The van der Waals surface area contributed by atoms with Crippen LogP contribution in [-0.2, 0) is 9.31 Å². The molecule has 0 aromatic heterocycles. The summed E-state index contributed by atoms with van der Waals surface area (Å²) in [5, 5.41) is 2.53. The molecule has 174 valence electrons. The second kappa shape index (κ2) is 8.21. The number of fused-ring (bicyclic) bond motifs is 2. The molecular formula is C28H29BIN2O2-. The van der Waals surface area contributed by atoms with Crippen molar-refractivity contribution in [3.63, 3.8) is 0 Å². The topological polar surface area (TPSA) is 34.1 Å². The fourth-order valence-corrected chi connectivity index (χ4v) is 7.84. The van der Waals surface area contributed by atoms with E-state index in [-0.39, 0.29) is 51.6 Å². The normalized spacial score (nSPS) is 28.8. The Morgan fingerprint density at radius 1 is 0.912 bits per heavy atom. The molecule has 34 heavy (non-hydrogen) atoms. The molecule has 6 heteroatoms. The van der Waals surface area contributed by atoms with Crippen LogP contribution in [-0.4, -0.2) is 36.7 Å². The minimum atomic E-state index is -0.381. The summed E-state index contributed by atoms with van der Waals surface area (Å²) in [6, 6.07) is 13.8. The van der Waals surface area contributed by atoms with Crippen LogP contribution >= 0.6 is 0 Å². The zero-order valence-electron chi connectivity index (χ0n) is 20.0. The van der Waals surface area contributed by atoms with Gasteiger partial charge in [-0.2, -0.15) is 0 Å². The molecule has 0 saturated carbocycles. The SMILES string of the molecule is CC1(C)OB(C2=CC=CC(c3cc4ccccc4cc3N3C=NC4C=CC=CC43)[I-]2)OC1(C)C. The van der Waals surface area contributed by atoms with Crippen molar-refractivity contribution in [2.75, 3.05) is 4.90 Å². The Hall–Kier alpha value is -2.16. The number of allylic oxidation sites excluding steroid dienone is 5. The number of anilines is 1. The molecule has 3 unspecified atom stereocenters. The van der Waals surface area contributed by atoms with Crippen molar-refractivity contribution >= 4 is 29.9 Å². The fourth-order valence-electron chi connectivity index (χ4n) is 4.82. The first kappa shape index (κ1) is 22.3. The van der Waals surface area contributed by atoms with Crippen molar-refractivity contribution < 1.29 is 30.5 Å². The molecule has 2 aromatic carbocycles. The van der Waals surface area contributed by atoms with E-state index in [1.165, 1.54) is 25.5 Å². The summed E-state index contributed by atoms with van der Waals surface area (Å²) in [7, 11) is -0.265. The van der Waals surface area contributed by atoms with Crippen LogP contribution in [0.5, 0.6) is 0 Å². The van der Waals surface area contributed by atoms with E-state index >= 15 is 0 Å². The van der Waals surface area contributed by atoms with E-state index in [1.54, 1.807) is 0 Å². The van der Waals surface area contributed by atoms with Crippen LogP contribution in [0.2, 0.25) is 0 Å². The summed E-state index contributed by atoms with van der Waals surface area (Å²) in [5.74, 6) is 0. The van der Waals surface area contributed by atoms with Gasteiger partial charge < -0.3 is 0 Å². The Kier molecular flexibility index (Phi) is 5.39. The van der Waals surface area contributed by atoms with Gasteiger partial charge in [0.05, 0.1) is 0 Å². The average Bonchev–Trinajstić information content (AvgIpc) is 3.35. The van der Waals surface area contributed by atoms with Gasteiger partial charge in [-0.1, -0.05) is 0 Å². The van der Waals surface area contributed by atoms with Gasteiger partial charge in [-0.15, -0.1) is 0 Å². The summed E-state index contributed by atoms with van der Waals surface area (Å²) in [4.78, 5) is 7.15. The van der Waals surface area contributed by atoms with Crippen molar-refractivity contribution in [3.8, 4) is 0 Å². The van der Waals surface area contributed by atoms with E-state index in [9.17, 15) is 0 Å². The van der Waals surface area contributed by atoms with Gasteiger partial charge in [0.25, 0.3) is 0 Å². The Bertz CT molecular complexity index is 1280. The maximum absolute atomic E-state index is 6.41. The number of hydrogen-bond acceptors (Lipinski definition) is 4. The number of hydrogen-bond donors (Lipinski definition) is 0. The third kappa shape index (κ3) is 3.71. The summed E-state index contributed by atoms with van der Waals surface area (Å²) >= 11 is -0.381. The molecule has 4 nitrogen and oxygen atoms in total. The van der Waals surface area contributed by atoms with Crippen molar-refractivity contribution in [2.24, 2.45) is 4.99 Å². The number of alkyl halides is 1. The molecule has 0 N–H and O–H groups in total. The van der Waals surface area contributed by atoms with Gasteiger partial charge in [-0.25, -0.2) is 0 Å². The molecule has 2 aromatic rings. The molecule has 3 heterocycles. The quantitative estimate of drug-likeness (QED) is 0.328. The monoisotopic (exact) mass is 563 g/mol. The molecule has 0 radical (unpaired) electrons. The summed E-state index contributed by atoms with van der Waals surface area (Å²) in [5.41, 5.74) is 1.96. The van der Waals surface area contributed by atoms with Crippen LogP contribution in [0.3, 0.4) is 0 Å². The second-order valence-electron chi connectivity index (χ2n) is 10.2. The van der Waals surface area contributed by atoms with E-state index in [0.717, 1.165) is 0 Å². The van der Waals surface area contributed by atoms with Crippen molar-refractivity contribution in [1.29, 1.82) is 0 Å². The fraction of sp³-hybridized carbons (Fsp3) is 0.321. The predicted molar refractivity (Wildman–Crippen MR) is 137 cm³/mol. The molecule has 3 atom stereocenters. The van der Waals surface area contributed by atoms with Gasteiger partial charge in [-0.05, 0) is 0 Å². The summed E-state index contributed by atoms with van der Waals surface area (Å²) < 4.78 is 14.5. The van der Waals surface area contributed by atoms with E-state index < -0.39 is 0 Å². The molecule has 1 fully saturated rings. The Balaban J connectivity index is 1.37. The molecule has 0 bridgehead atoms. The van der Waals surface area contributed by atoms with Crippen LogP contribution in [0.4, 0.5) is 5.69 Å². The Morgan fingerprint density at radius 3 is 2.38 bits per heavy atom. The number of aliphatic imine (C=N–C) groups is 1. The van der Waals surface area contributed by atoms with E-state index in [4.69, 9.17) is 14.3 Å². The van der Waals surface area contributed by atoms with Gasteiger partial charge >= 0.3 is 213 Å². The molecule has 1 aliphatic carbocycles. The molecule has 6 rings (SSSR count). The predicted octanol–water partition coefficient (Wildman–Crippen LogP) is 2.77. The number of nitrogens with zero attached hydrogens (tertiary/aromatic N) is 2. The molecule has 0 amide bonds. The standard InChI is InChI=1S/C28H29BIN2O2/c1-27(2)28(3,4)34-29(33-27)26-15-9-12-22(30-26)21-16-19-10-5-6-11-20(19)17-25(21)32-18-31-23-13-7-8-14-24(23)32/h5-18,22-24H,1-4H3/q-1. The number of rotatable bonds is 3. The minimum absolute atomic E-state index is 0.182. The van der Waals surface area contributed by atoms with Gasteiger partial charge in [0.2, 0.25) is 0 Å². The van der Waals surface area contributed by atoms with Gasteiger partial charge in [-0.3, -0.25) is 0 Å². The second-order valence-corrected chi connectivity index (χ2v) is 13.4. The molecular weight excluding hydrogens is 534 g/mol. The number of benzene rings is 2. The van der Waals surface area contributed by atoms with Crippen LogP contribution in [0.25, 0.3) is 10.8 Å². The Labute approximate surface area is 212 Å². The van der Waals surface area contributed by atoms with Crippen LogP contribution in [0.15, 0.2) is 87.4 Å². The van der Waals surface area contributed by atoms with Crippen molar-refractivity contribution in [1.82, 2.24) is 0 Å². The first-order valence-electron chi connectivity index (χ1n) is 11.9. The van der Waals surface area contributed by atoms with Crippen molar-refractivity contribution in [3.05, 3.63) is 88.0 Å². The summed E-state index contributed by atoms with van der Waals surface area (Å²) in [6.07, 6.45) is 17.5. The maximum atomic E-state index is 6.41. The first-order valence-corrected chi connectivity index (χ1v) is 14.2. The van der Waals surface area contributed by atoms with Crippen LogP contribution in [0.1, 0.15) is 37.2 Å². The van der Waals surface area contributed by atoms with Crippen LogP contribution in [0, 0.1) is 0 Å². The third-order valence-electron chi connectivity index (χ3n) is 7.49. The van der Waals surface area contributed by atoms with Gasteiger partial charge in [0.1, 0.15) is 0 Å². The summed E-state index contributed by atoms with van der Waals surface area (Å²) in [6.45, 7) is 8.49. The van der Waals surface area contributed by atoms with E-state index in [2.05, 4.69) is 112 Å². The Morgan fingerprint density at radius 2 is 1.62 bits per heavy atom. The third-order valence-corrected chi connectivity index (χ3v) is 10.8. The zero-order chi connectivity index (χ0) is 23.5. The van der Waals surface area contributed by atoms with E-state index in [0.29, 0.717) is 3.92 Å². The molecule has 0 spiro atoms. The van der Waals surface area contributed by atoms with E-state index in [1.807, 2.05) is 6.34 Å². The van der Waals surface area contributed by atoms with Crippen molar-refractivity contribution in [2.45, 2.75) is 54.9 Å². The molecule has 1 saturated heterocycles.